The van der Waals surface area contributed by atoms with E-state index < -0.39 is 0 Å². The molecule has 0 radical (unpaired) electrons. The summed E-state index contributed by atoms with van der Waals surface area (Å²) in [5, 5.41) is 20.8. The Morgan fingerprint density at radius 2 is 1.87 bits per heavy atom. The first-order chi connectivity index (χ1) is 10.9. The molecule has 5 aliphatic rings. The molecule has 0 spiro atoms. The molecule has 1 heterocycles. The van der Waals surface area contributed by atoms with Gasteiger partial charge in [-0.3, -0.25) is 0 Å². The standard InChI is InChI=1S/C19H29BrO3/c1-17-6-5-14-12(13(17)2-3-15(17)22)8-16-19(20)9-11(21)4-7-18(14,19)10-23-16/h11-16,21-22H,2-10H2,1H3/t11-,12-,13-,14-,15-,16+,17-,18-,19-/m0/s1. The van der Waals surface area contributed by atoms with E-state index in [2.05, 4.69) is 22.9 Å². The lowest BCUT2D eigenvalue weighted by Gasteiger charge is -2.62. The first kappa shape index (κ1) is 15.6. The first-order valence-corrected chi connectivity index (χ1v) is 10.4. The topological polar surface area (TPSA) is 49.7 Å². The third kappa shape index (κ3) is 1.72. The fourth-order valence-corrected chi connectivity index (χ4v) is 8.98. The van der Waals surface area contributed by atoms with Gasteiger partial charge in [-0.2, -0.15) is 0 Å². The predicted molar refractivity (Wildman–Crippen MR) is 91.4 cm³/mol. The lowest BCUT2D eigenvalue weighted by molar-refractivity contribution is -0.112. The van der Waals surface area contributed by atoms with Crippen molar-refractivity contribution in [2.24, 2.45) is 28.6 Å². The lowest BCUT2D eigenvalue weighted by atomic mass is 9.45. The Labute approximate surface area is 147 Å². The van der Waals surface area contributed by atoms with E-state index in [1.54, 1.807) is 0 Å². The number of aliphatic hydroxyl groups is 2. The normalized spacial score (nSPS) is 64.2. The van der Waals surface area contributed by atoms with Crippen LogP contribution in [-0.2, 0) is 4.74 Å². The molecule has 2 bridgehead atoms. The van der Waals surface area contributed by atoms with Crippen molar-refractivity contribution in [3.63, 3.8) is 0 Å². The highest BCUT2D eigenvalue weighted by atomic mass is 79.9. The number of rotatable bonds is 0. The number of aliphatic hydroxyl groups excluding tert-OH is 2. The summed E-state index contributed by atoms with van der Waals surface area (Å²) in [5.74, 6) is 2.08. The second-order valence-corrected chi connectivity index (χ2v) is 10.9. The van der Waals surface area contributed by atoms with E-state index >= 15 is 0 Å². The number of hydrogen-bond acceptors (Lipinski definition) is 3. The molecular weight excluding hydrogens is 356 g/mol. The quantitative estimate of drug-likeness (QED) is 0.630. The SMILES string of the molecule is C[C@]12CC[C@H]3[C@@H](C[C@H]4OC[C@@]35CC[C@H](O)C[C@]45Br)[C@@H]1CC[C@@H]2O. The molecule has 3 nitrogen and oxygen atoms in total. The van der Waals surface area contributed by atoms with Gasteiger partial charge in [-0.05, 0) is 74.5 Å². The summed E-state index contributed by atoms with van der Waals surface area (Å²) in [6, 6.07) is 0. The van der Waals surface area contributed by atoms with Gasteiger partial charge >= 0.3 is 0 Å². The number of halogens is 1. The molecule has 130 valence electrons. The van der Waals surface area contributed by atoms with Gasteiger partial charge in [0, 0.05) is 5.41 Å². The molecule has 2 N–H and O–H groups in total. The first-order valence-electron chi connectivity index (χ1n) is 9.57. The fraction of sp³-hybridized carbons (Fsp3) is 1.00. The smallest absolute Gasteiger partial charge is 0.0738 e. The van der Waals surface area contributed by atoms with Gasteiger partial charge in [0.1, 0.15) is 0 Å². The van der Waals surface area contributed by atoms with Crippen LogP contribution in [0, 0.1) is 28.6 Å². The van der Waals surface area contributed by atoms with Crippen LogP contribution in [0.5, 0.6) is 0 Å². The average Bonchev–Trinajstić information content (AvgIpc) is 2.88. The Kier molecular flexibility index (Phi) is 3.22. The molecule has 5 rings (SSSR count). The molecule has 23 heavy (non-hydrogen) atoms. The van der Waals surface area contributed by atoms with E-state index in [1.807, 2.05) is 0 Å². The van der Waals surface area contributed by atoms with Crippen LogP contribution < -0.4 is 0 Å². The summed E-state index contributed by atoms with van der Waals surface area (Å²) < 4.78 is 6.34. The molecule has 9 atom stereocenters. The number of alkyl halides is 1. The maximum atomic E-state index is 10.6. The maximum Gasteiger partial charge on any atom is 0.0738 e. The Balaban J connectivity index is 1.55. The average molecular weight is 385 g/mol. The minimum absolute atomic E-state index is 0.0101. The van der Waals surface area contributed by atoms with Gasteiger partial charge in [0.15, 0.2) is 0 Å². The summed E-state index contributed by atoms with van der Waals surface area (Å²) in [5.41, 5.74) is 0.354. The van der Waals surface area contributed by atoms with E-state index in [0.717, 1.165) is 45.1 Å². The Morgan fingerprint density at radius 1 is 1.04 bits per heavy atom. The van der Waals surface area contributed by atoms with Crippen molar-refractivity contribution in [2.75, 3.05) is 6.61 Å². The molecule has 4 saturated carbocycles. The summed E-state index contributed by atoms with van der Waals surface area (Å²) in [4.78, 5) is 0. The van der Waals surface area contributed by atoms with Crippen molar-refractivity contribution in [2.45, 2.75) is 80.9 Å². The van der Waals surface area contributed by atoms with E-state index in [4.69, 9.17) is 4.74 Å². The summed E-state index contributed by atoms with van der Waals surface area (Å²) in [6.07, 6.45) is 8.55. The highest BCUT2D eigenvalue weighted by molar-refractivity contribution is 9.10. The summed E-state index contributed by atoms with van der Waals surface area (Å²) in [6.45, 7) is 3.22. The van der Waals surface area contributed by atoms with Crippen LogP contribution in [0.2, 0.25) is 0 Å². The van der Waals surface area contributed by atoms with Crippen LogP contribution in [0.3, 0.4) is 0 Å². The molecule has 0 amide bonds. The molecule has 0 aromatic rings. The molecule has 4 aliphatic carbocycles. The van der Waals surface area contributed by atoms with Gasteiger partial charge < -0.3 is 14.9 Å². The third-order valence-corrected chi connectivity index (χ3v) is 10.5. The lowest BCUT2D eigenvalue weighted by Crippen LogP contribution is -2.63. The largest absolute Gasteiger partial charge is 0.393 e. The van der Waals surface area contributed by atoms with Crippen molar-refractivity contribution in [3.05, 3.63) is 0 Å². The monoisotopic (exact) mass is 384 g/mol. The van der Waals surface area contributed by atoms with E-state index in [-0.39, 0.29) is 33.5 Å². The Hall–Kier alpha value is 0.360. The number of ether oxygens (including phenoxy) is 1. The van der Waals surface area contributed by atoms with Gasteiger partial charge in [-0.1, -0.05) is 22.9 Å². The van der Waals surface area contributed by atoms with Crippen molar-refractivity contribution < 1.29 is 14.9 Å². The zero-order valence-corrected chi connectivity index (χ0v) is 15.6. The maximum absolute atomic E-state index is 10.6. The van der Waals surface area contributed by atoms with Gasteiger partial charge in [-0.25, -0.2) is 0 Å². The Morgan fingerprint density at radius 3 is 2.70 bits per heavy atom. The van der Waals surface area contributed by atoms with Crippen LogP contribution in [-0.4, -0.2) is 39.5 Å². The van der Waals surface area contributed by atoms with E-state index in [9.17, 15) is 10.2 Å². The minimum Gasteiger partial charge on any atom is -0.393 e. The van der Waals surface area contributed by atoms with Crippen LogP contribution >= 0.6 is 15.9 Å². The van der Waals surface area contributed by atoms with E-state index in [0.29, 0.717) is 17.8 Å². The zero-order chi connectivity index (χ0) is 16.0. The van der Waals surface area contributed by atoms with Crippen LogP contribution in [0.25, 0.3) is 0 Å². The third-order valence-electron chi connectivity index (χ3n) is 8.92. The summed E-state index contributed by atoms with van der Waals surface area (Å²) in [7, 11) is 0. The molecule has 0 aromatic heterocycles. The molecule has 4 heteroatoms. The van der Waals surface area contributed by atoms with Crippen molar-refractivity contribution in [1.82, 2.24) is 0 Å². The molecule has 0 aromatic carbocycles. The number of fused-ring (bicyclic) bond motifs is 3. The highest BCUT2D eigenvalue weighted by Crippen LogP contribution is 2.72. The van der Waals surface area contributed by atoms with Crippen LogP contribution in [0.4, 0.5) is 0 Å². The molecule has 5 fully saturated rings. The number of hydrogen-bond donors (Lipinski definition) is 2. The van der Waals surface area contributed by atoms with Crippen LogP contribution in [0.1, 0.15) is 58.3 Å². The summed E-state index contributed by atoms with van der Waals surface area (Å²) >= 11 is 4.12. The molecule has 1 saturated heterocycles. The molecule has 1 aliphatic heterocycles. The van der Waals surface area contributed by atoms with Crippen molar-refractivity contribution in [3.8, 4) is 0 Å². The highest BCUT2D eigenvalue weighted by Gasteiger charge is 2.72. The van der Waals surface area contributed by atoms with Crippen molar-refractivity contribution in [1.29, 1.82) is 0 Å². The van der Waals surface area contributed by atoms with Crippen molar-refractivity contribution >= 4 is 15.9 Å². The fourth-order valence-electron chi connectivity index (χ4n) is 7.68. The predicted octanol–water partition coefficient (Wildman–Crippen LogP) is 3.26. The molecule has 0 unspecified atom stereocenters. The second-order valence-electron chi connectivity index (χ2n) is 9.47. The zero-order valence-electron chi connectivity index (χ0n) is 14.0. The minimum atomic E-state index is -0.176. The van der Waals surface area contributed by atoms with E-state index in [1.165, 1.54) is 12.8 Å². The van der Waals surface area contributed by atoms with Gasteiger partial charge in [-0.15, -0.1) is 0 Å². The molecular formula is C19H29BrO3. The second kappa shape index (κ2) is 4.75. The van der Waals surface area contributed by atoms with Crippen LogP contribution in [0.15, 0.2) is 0 Å². The Bertz CT molecular complexity index is 527. The van der Waals surface area contributed by atoms with Gasteiger partial charge in [0.25, 0.3) is 0 Å². The van der Waals surface area contributed by atoms with Gasteiger partial charge in [0.05, 0.1) is 29.2 Å². The van der Waals surface area contributed by atoms with Gasteiger partial charge in [0.2, 0.25) is 0 Å².